The van der Waals surface area contributed by atoms with Gasteiger partial charge in [0, 0.05) is 24.8 Å². The van der Waals surface area contributed by atoms with E-state index >= 15 is 0 Å². The standard InChI is InChI=1S/C26H33FN6O4/c1-5-11-28-24(34)26(2)15-36-23(37-16-26)22-31-20(17-6-8-18(27)9-7-17)21(32-22)19-10-12-29-25(30-19)35-14-13-33(3)4/h6-10,12,23H,5,11,13-16H2,1-4H3,(H,28,34)(H,31,32). The Balaban J connectivity index is 1.60. The van der Waals surface area contributed by atoms with Gasteiger partial charge >= 0.3 is 6.01 Å². The minimum absolute atomic E-state index is 0.109. The molecule has 0 atom stereocenters. The van der Waals surface area contributed by atoms with Crippen molar-refractivity contribution in [3.63, 3.8) is 0 Å². The number of rotatable bonds is 10. The second-order valence-corrected chi connectivity index (χ2v) is 9.50. The van der Waals surface area contributed by atoms with E-state index in [4.69, 9.17) is 19.2 Å². The van der Waals surface area contributed by atoms with Crippen molar-refractivity contribution < 1.29 is 23.4 Å². The molecule has 1 aliphatic rings. The number of hydrogen-bond donors (Lipinski definition) is 2. The second kappa shape index (κ2) is 11.8. The Morgan fingerprint density at radius 2 is 1.95 bits per heavy atom. The smallest absolute Gasteiger partial charge is 0.316 e. The highest BCUT2D eigenvalue weighted by atomic mass is 19.1. The summed E-state index contributed by atoms with van der Waals surface area (Å²) in [4.78, 5) is 31.3. The lowest BCUT2D eigenvalue weighted by Gasteiger charge is -2.35. The molecule has 37 heavy (non-hydrogen) atoms. The zero-order valence-electron chi connectivity index (χ0n) is 21.6. The number of imidazole rings is 1. The third-order valence-corrected chi connectivity index (χ3v) is 5.91. The van der Waals surface area contributed by atoms with Crippen LogP contribution in [0.3, 0.4) is 0 Å². The minimum atomic E-state index is -0.808. The van der Waals surface area contributed by atoms with Crippen LogP contribution in [-0.2, 0) is 14.3 Å². The third-order valence-electron chi connectivity index (χ3n) is 5.91. The van der Waals surface area contributed by atoms with Gasteiger partial charge in [-0.1, -0.05) is 6.92 Å². The number of hydrogen-bond acceptors (Lipinski definition) is 8. The van der Waals surface area contributed by atoms with Crippen molar-refractivity contribution in [1.82, 2.24) is 30.2 Å². The predicted molar refractivity (Wildman–Crippen MR) is 135 cm³/mol. The van der Waals surface area contributed by atoms with Crippen molar-refractivity contribution in [2.45, 2.75) is 26.6 Å². The monoisotopic (exact) mass is 512 g/mol. The number of aromatic nitrogens is 4. The molecular formula is C26H33FN6O4. The van der Waals surface area contributed by atoms with Crippen LogP contribution in [0.5, 0.6) is 6.01 Å². The van der Waals surface area contributed by atoms with E-state index in [1.165, 1.54) is 12.1 Å². The molecule has 3 aromatic rings. The number of nitrogens with one attached hydrogen (secondary N) is 2. The molecule has 1 aliphatic heterocycles. The Bertz CT molecular complexity index is 1190. The Labute approximate surface area is 215 Å². The predicted octanol–water partition coefficient (Wildman–Crippen LogP) is 3.19. The summed E-state index contributed by atoms with van der Waals surface area (Å²) in [6, 6.07) is 8.01. The number of aromatic amines is 1. The van der Waals surface area contributed by atoms with Gasteiger partial charge < -0.3 is 29.4 Å². The Kier molecular flexibility index (Phi) is 8.47. The normalized spacial score (nSPS) is 19.7. The van der Waals surface area contributed by atoms with Gasteiger partial charge in [-0.25, -0.2) is 14.4 Å². The van der Waals surface area contributed by atoms with E-state index in [1.54, 1.807) is 24.4 Å². The van der Waals surface area contributed by atoms with Crippen molar-refractivity contribution in [3.8, 4) is 28.7 Å². The quantitative estimate of drug-likeness (QED) is 0.426. The fourth-order valence-electron chi connectivity index (χ4n) is 3.72. The zero-order chi connectivity index (χ0) is 26.4. The number of carbonyl (C=O) groups is 1. The summed E-state index contributed by atoms with van der Waals surface area (Å²) in [6.07, 6.45) is 1.65. The molecule has 1 fully saturated rings. The van der Waals surface area contributed by atoms with Crippen LogP contribution in [0.15, 0.2) is 36.5 Å². The average molecular weight is 513 g/mol. The molecule has 1 amide bonds. The molecule has 0 aliphatic carbocycles. The summed E-state index contributed by atoms with van der Waals surface area (Å²) < 4.78 is 31.2. The van der Waals surface area contributed by atoms with Gasteiger partial charge in [-0.3, -0.25) is 4.79 Å². The van der Waals surface area contributed by atoms with Crippen LogP contribution in [0, 0.1) is 11.2 Å². The molecule has 1 aromatic carbocycles. The fraction of sp³-hybridized carbons (Fsp3) is 0.462. The maximum atomic E-state index is 13.6. The maximum Gasteiger partial charge on any atom is 0.316 e. The Hall–Kier alpha value is -3.41. The van der Waals surface area contributed by atoms with Crippen LogP contribution in [0.4, 0.5) is 4.39 Å². The lowest BCUT2D eigenvalue weighted by atomic mass is 9.91. The average Bonchev–Trinajstić information content (AvgIpc) is 3.33. The molecule has 1 saturated heterocycles. The molecule has 4 rings (SSSR count). The van der Waals surface area contributed by atoms with Gasteiger partial charge in [-0.15, -0.1) is 0 Å². The number of likely N-dealkylation sites (N-methyl/N-ethyl adjacent to an activating group) is 1. The molecule has 0 unspecified atom stereocenters. The van der Waals surface area contributed by atoms with Crippen LogP contribution >= 0.6 is 0 Å². The summed E-state index contributed by atoms with van der Waals surface area (Å²) in [5, 5.41) is 2.90. The van der Waals surface area contributed by atoms with Gasteiger partial charge in [0.2, 0.25) is 12.2 Å². The first-order valence-corrected chi connectivity index (χ1v) is 12.3. The molecule has 10 nitrogen and oxygen atoms in total. The van der Waals surface area contributed by atoms with E-state index in [-0.39, 0.29) is 30.9 Å². The van der Waals surface area contributed by atoms with Crippen molar-refractivity contribution in [2.75, 3.05) is 47.0 Å². The molecular weight excluding hydrogens is 479 g/mol. The number of benzene rings is 1. The highest BCUT2D eigenvalue weighted by Gasteiger charge is 2.40. The summed E-state index contributed by atoms with van der Waals surface area (Å²) in [6.45, 7) is 5.90. The van der Waals surface area contributed by atoms with Crippen LogP contribution in [0.25, 0.3) is 22.6 Å². The second-order valence-electron chi connectivity index (χ2n) is 9.50. The Morgan fingerprint density at radius 1 is 1.22 bits per heavy atom. The number of H-pyrrole nitrogens is 1. The van der Waals surface area contributed by atoms with Gasteiger partial charge in [0.25, 0.3) is 0 Å². The highest BCUT2D eigenvalue weighted by Crippen LogP contribution is 2.35. The molecule has 0 radical (unpaired) electrons. The fourth-order valence-corrected chi connectivity index (χ4v) is 3.72. The number of ether oxygens (including phenoxy) is 3. The Morgan fingerprint density at radius 3 is 2.62 bits per heavy atom. The lowest BCUT2D eigenvalue weighted by molar-refractivity contribution is -0.231. The first kappa shape index (κ1) is 26.6. The number of halogens is 1. The van der Waals surface area contributed by atoms with Gasteiger partial charge in [0.15, 0.2) is 5.82 Å². The summed E-state index contributed by atoms with van der Waals surface area (Å²) in [7, 11) is 3.91. The van der Waals surface area contributed by atoms with Gasteiger partial charge in [0.05, 0.1) is 35.7 Å². The van der Waals surface area contributed by atoms with Gasteiger partial charge in [0.1, 0.15) is 12.4 Å². The van der Waals surface area contributed by atoms with Crippen LogP contribution < -0.4 is 10.1 Å². The van der Waals surface area contributed by atoms with Crippen LogP contribution in [0.2, 0.25) is 0 Å². The maximum absolute atomic E-state index is 13.6. The van der Waals surface area contributed by atoms with Crippen molar-refractivity contribution in [3.05, 3.63) is 48.2 Å². The highest BCUT2D eigenvalue weighted by molar-refractivity contribution is 5.82. The molecule has 11 heteroatoms. The van der Waals surface area contributed by atoms with Crippen LogP contribution in [0.1, 0.15) is 32.4 Å². The van der Waals surface area contributed by atoms with E-state index in [2.05, 4.69) is 20.3 Å². The first-order valence-electron chi connectivity index (χ1n) is 12.3. The molecule has 0 saturated carbocycles. The minimum Gasteiger partial charge on any atom is -0.462 e. The molecule has 3 heterocycles. The van der Waals surface area contributed by atoms with Gasteiger partial charge in [-0.05, 0) is 57.8 Å². The summed E-state index contributed by atoms with van der Waals surface area (Å²) >= 11 is 0. The van der Waals surface area contributed by atoms with E-state index in [0.717, 1.165) is 6.42 Å². The van der Waals surface area contributed by atoms with E-state index < -0.39 is 11.7 Å². The first-order chi connectivity index (χ1) is 17.8. The van der Waals surface area contributed by atoms with E-state index in [9.17, 15) is 9.18 Å². The van der Waals surface area contributed by atoms with E-state index in [0.29, 0.717) is 48.2 Å². The van der Waals surface area contributed by atoms with Crippen molar-refractivity contribution in [2.24, 2.45) is 5.41 Å². The summed E-state index contributed by atoms with van der Waals surface area (Å²) in [5.41, 5.74) is 1.57. The third kappa shape index (κ3) is 6.48. The summed E-state index contributed by atoms with van der Waals surface area (Å²) in [5.74, 6) is -0.0407. The van der Waals surface area contributed by atoms with Crippen molar-refractivity contribution in [1.29, 1.82) is 0 Å². The molecule has 198 valence electrons. The van der Waals surface area contributed by atoms with Crippen LogP contribution in [-0.4, -0.2) is 77.7 Å². The topological polar surface area (TPSA) is 114 Å². The van der Waals surface area contributed by atoms with Crippen molar-refractivity contribution >= 4 is 5.91 Å². The SMILES string of the molecule is CCCNC(=O)C1(C)COC(c2nc(-c3ccc(F)cc3)c(-c3ccnc(OCCN(C)C)n3)[nH]2)OC1. The number of nitrogens with zero attached hydrogens (tertiary/aromatic N) is 4. The number of amides is 1. The molecule has 2 N–H and O–H groups in total. The molecule has 0 spiro atoms. The molecule has 2 aromatic heterocycles. The van der Waals surface area contributed by atoms with Gasteiger partial charge in [-0.2, -0.15) is 4.98 Å². The number of carbonyl (C=O) groups excluding carboxylic acids is 1. The molecule has 0 bridgehead atoms. The largest absolute Gasteiger partial charge is 0.462 e. The lowest BCUT2D eigenvalue weighted by Crippen LogP contribution is -2.48. The van der Waals surface area contributed by atoms with E-state index in [1.807, 2.05) is 32.8 Å². The zero-order valence-corrected chi connectivity index (χ0v) is 21.6.